The van der Waals surface area contributed by atoms with Gasteiger partial charge < -0.3 is 10.1 Å². The zero-order valence-electron chi connectivity index (χ0n) is 18.9. The molecule has 0 amide bonds. The molecule has 0 fully saturated rings. The summed E-state index contributed by atoms with van der Waals surface area (Å²) in [5.74, 6) is 0.840. The van der Waals surface area contributed by atoms with Crippen molar-refractivity contribution in [2.75, 3.05) is 13.7 Å². The Hall–Kier alpha value is -2.96. The van der Waals surface area contributed by atoms with E-state index < -0.39 is 0 Å². The molecule has 1 N–H and O–H groups in total. The molecule has 33 heavy (non-hydrogen) atoms. The second-order valence-corrected chi connectivity index (χ2v) is 9.74. The molecule has 0 bridgehead atoms. The van der Waals surface area contributed by atoms with Gasteiger partial charge >= 0.3 is 0 Å². The van der Waals surface area contributed by atoms with Crippen molar-refractivity contribution in [1.29, 1.82) is 0 Å². The van der Waals surface area contributed by atoms with Crippen molar-refractivity contribution >= 4 is 21.6 Å². The Morgan fingerprint density at radius 2 is 1.97 bits per heavy atom. The maximum Gasteiger partial charge on any atom is 0.262 e. The molecule has 0 aliphatic heterocycles. The number of hydrogen-bond acceptors (Lipinski definition) is 5. The SMILES string of the molecule is COc1cccc(CCn2cnc3sc4c(c3c2=O)CC[C@@H](NCCc2ccccc2)C4)c1. The van der Waals surface area contributed by atoms with Gasteiger partial charge in [-0.2, -0.15) is 0 Å². The third-order valence-corrected chi connectivity index (χ3v) is 7.66. The smallest absolute Gasteiger partial charge is 0.262 e. The molecule has 0 saturated heterocycles. The zero-order valence-corrected chi connectivity index (χ0v) is 19.7. The van der Waals surface area contributed by atoms with Gasteiger partial charge in [0.15, 0.2) is 0 Å². The summed E-state index contributed by atoms with van der Waals surface area (Å²) in [6.07, 6.45) is 6.50. The fourth-order valence-corrected chi connectivity index (χ4v) is 5.94. The van der Waals surface area contributed by atoms with E-state index in [0.29, 0.717) is 12.6 Å². The minimum atomic E-state index is 0.0934. The summed E-state index contributed by atoms with van der Waals surface area (Å²) in [5, 5.41) is 4.56. The van der Waals surface area contributed by atoms with E-state index in [4.69, 9.17) is 4.74 Å². The quantitative estimate of drug-likeness (QED) is 0.424. The molecule has 5 rings (SSSR count). The van der Waals surface area contributed by atoms with E-state index in [2.05, 4.69) is 46.7 Å². The summed E-state index contributed by atoms with van der Waals surface area (Å²) in [6.45, 7) is 1.59. The predicted molar refractivity (Wildman–Crippen MR) is 135 cm³/mol. The molecule has 0 radical (unpaired) electrons. The van der Waals surface area contributed by atoms with E-state index in [1.807, 2.05) is 18.2 Å². The van der Waals surface area contributed by atoms with Crippen molar-refractivity contribution < 1.29 is 4.74 Å². The minimum Gasteiger partial charge on any atom is -0.497 e. The lowest BCUT2D eigenvalue weighted by molar-refractivity contribution is 0.414. The van der Waals surface area contributed by atoms with Gasteiger partial charge in [0.05, 0.1) is 18.8 Å². The van der Waals surface area contributed by atoms with E-state index in [1.54, 1.807) is 29.3 Å². The maximum absolute atomic E-state index is 13.3. The van der Waals surface area contributed by atoms with Crippen LogP contribution in [0.4, 0.5) is 0 Å². The summed E-state index contributed by atoms with van der Waals surface area (Å²) in [5.41, 5.74) is 3.83. The third kappa shape index (κ3) is 4.87. The number of aromatic nitrogens is 2. The van der Waals surface area contributed by atoms with Gasteiger partial charge in [0.25, 0.3) is 5.56 Å². The summed E-state index contributed by atoms with van der Waals surface area (Å²) in [4.78, 5) is 20.2. The van der Waals surface area contributed by atoms with Gasteiger partial charge in [0.2, 0.25) is 0 Å². The molecule has 2 heterocycles. The number of nitrogens with zero attached hydrogens (tertiary/aromatic N) is 2. The van der Waals surface area contributed by atoms with Crippen LogP contribution in [0.1, 0.15) is 28.0 Å². The van der Waals surface area contributed by atoms with Crippen LogP contribution < -0.4 is 15.6 Å². The molecular weight excluding hydrogens is 430 g/mol. The summed E-state index contributed by atoms with van der Waals surface area (Å²) in [7, 11) is 1.67. The molecular formula is C27H29N3O2S. The average molecular weight is 460 g/mol. The number of aryl methyl sites for hydroxylation is 3. The molecule has 2 aromatic heterocycles. The first-order valence-electron chi connectivity index (χ1n) is 11.6. The Morgan fingerprint density at radius 1 is 1.12 bits per heavy atom. The van der Waals surface area contributed by atoms with Gasteiger partial charge in [-0.3, -0.25) is 9.36 Å². The second-order valence-electron chi connectivity index (χ2n) is 8.66. The zero-order chi connectivity index (χ0) is 22.6. The van der Waals surface area contributed by atoms with Gasteiger partial charge in [-0.05, 0) is 67.5 Å². The van der Waals surface area contributed by atoms with Crippen molar-refractivity contribution in [3.63, 3.8) is 0 Å². The van der Waals surface area contributed by atoms with Crippen molar-refractivity contribution in [2.24, 2.45) is 0 Å². The van der Waals surface area contributed by atoms with Gasteiger partial charge in [-0.15, -0.1) is 11.3 Å². The highest BCUT2D eigenvalue weighted by Crippen LogP contribution is 2.33. The third-order valence-electron chi connectivity index (χ3n) is 6.50. The molecule has 4 aromatic rings. The number of thiophene rings is 1. The molecule has 1 aliphatic rings. The van der Waals surface area contributed by atoms with Gasteiger partial charge in [0, 0.05) is 17.5 Å². The fourth-order valence-electron chi connectivity index (χ4n) is 4.68. The van der Waals surface area contributed by atoms with Crippen molar-refractivity contribution in [3.8, 4) is 5.75 Å². The van der Waals surface area contributed by atoms with E-state index in [0.717, 1.165) is 60.2 Å². The number of methoxy groups -OCH3 is 1. The number of hydrogen-bond donors (Lipinski definition) is 1. The highest BCUT2D eigenvalue weighted by Gasteiger charge is 2.25. The van der Waals surface area contributed by atoms with Gasteiger partial charge in [-0.1, -0.05) is 42.5 Å². The van der Waals surface area contributed by atoms with Crippen molar-refractivity contribution in [2.45, 2.75) is 44.7 Å². The summed E-state index contributed by atoms with van der Waals surface area (Å²) in [6, 6.07) is 19.1. The minimum absolute atomic E-state index is 0.0934. The lowest BCUT2D eigenvalue weighted by Crippen LogP contribution is -2.35. The fraction of sp³-hybridized carbons (Fsp3) is 0.333. The molecule has 5 nitrogen and oxygen atoms in total. The standard InChI is InChI=1S/C27H29N3O2S/c1-32-22-9-5-8-20(16-22)13-15-30-18-29-26-25(27(30)31)23-11-10-21(17-24(23)33-26)28-14-12-19-6-3-2-4-7-19/h2-9,16,18,21,28H,10-15,17H2,1H3/t21-/m1/s1. The summed E-state index contributed by atoms with van der Waals surface area (Å²) < 4.78 is 7.07. The first-order valence-corrected chi connectivity index (χ1v) is 12.4. The van der Waals surface area contributed by atoms with Crippen LogP contribution in [-0.2, 0) is 32.2 Å². The van der Waals surface area contributed by atoms with E-state index in [1.165, 1.54) is 16.0 Å². The first-order chi connectivity index (χ1) is 16.2. The summed E-state index contributed by atoms with van der Waals surface area (Å²) >= 11 is 1.69. The number of rotatable bonds is 8. The van der Waals surface area contributed by atoms with Crippen LogP contribution in [0.5, 0.6) is 5.75 Å². The largest absolute Gasteiger partial charge is 0.497 e. The predicted octanol–water partition coefficient (Wildman–Crippen LogP) is 4.40. The van der Waals surface area contributed by atoms with Crippen LogP contribution in [-0.4, -0.2) is 29.2 Å². The number of benzene rings is 2. The van der Waals surface area contributed by atoms with Crippen LogP contribution in [0.3, 0.4) is 0 Å². The monoisotopic (exact) mass is 459 g/mol. The maximum atomic E-state index is 13.3. The Kier molecular flexibility index (Phi) is 6.55. The Balaban J connectivity index is 1.27. The second kappa shape index (κ2) is 9.89. The molecule has 0 unspecified atom stereocenters. The normalized spacial score (nSPS) is 15.5. The van der Waals surface area contributed by atoms with Crippen LogP contribution >= 0.6 is 11.3 Å². The number of ether oxygens (including phenoxy) is 1. The Labute approximate surface area is 198 Å². The number of nitrogens with one attached hydrogen (secondary N) is 1. The molecule has 170 valence electrons. The molecule has 6 heteroatoms. The van der Waals surface area contributed by atoms with E-state index in [9.17, 15) is 4.79 Å². The molecule has 2 aromatic carbocycles. The Morgan fingerprint density at radius 3 is 2.82 bits per heavy atom. The topological polar surface area (TPSA) is 56.2 Å². The van der Waals surface area contributed by atoms with Crippen LogP contribution in [0.2, 0.25) is 0 Å². The molecule has 0 spiro atoms. The average Bonchev–Trinajstić information content (AvgIpc) is 3.23. The van der Waals surface area contributed by atoms with Crippen molar-refractivity contribution in [1.82, 2.24) is 14.9 Å². The Bertz CT molecular complexity index is 1300. The van der Waals surface area contributed by atoms with Gasteiger partial charge in [-0.25, -0.2) is 4.98 Å². The highest BCUT2D eigenvalue weighted by molar-refractivity contribution is 7.18. The lowest BCUT2D eigenvalue weighted by Gasteiger charge is -2.23. The van der Waals surface area contributed by atoms with Crippen LogP contribution in [0.25, 0.3) is 10.2 Å². The van der Waals surface area contributed by atoms with E-state index in [-0.39, 0.29) is 5.56 Å². The van der Waals surface area contributed by atoms with Crippen LogP contribution in [0, 0.1) is 0 Å². The van der Waals surface area contributed by atoms with Gasteiger partial charge in [0.1, 0.15) is 10.6 Å². The van der Waals surface area contributed by atoms with Crippen molar-refractivity contribution in [3.05, 3.63) is 92.8 Å². The first kappa shape index (κ1) is 21.9. The van der Waals surface area contributed by atoms with E-state index >= 15 is 0 Å². The highest BCUT2D eigenvalue weighted by atomic mass is 32.1. The molecule has 1 aliphatic carbocycles. The molecule has 1 atom stereocenters. The molecule has 0 saturated carbocycles. The number of fused-ring (bicyclic) bond motifs is 3. The van der Waals surface area contributed by atoms with Crippen LogP contribution in [0.15, 0.2) is 65.7 Å². The lowest BCUT2D eigenvalue weighted by atomic mass is 9.93.